The molecule has 0 aromatic heterocycles. The summed E-state index contributed by atoms with van der Waals surface area (Å²) in [4.78, 5) is 14.9. The van der Waals surface area contributed by atoms with E-state index in [0.29, 0.717) is 6.42 Å². The molecule has 1 aliphatic heterocycles. The molecule has 1 amide bonds. The summed E-state index contributed by atoms with van der Waals surface area (Å²) in [6.45, 7) is 1.41. The minimum absolute atomic E-state index is 0.00377. The zero-order valence-electron chi connectivity index (χ0n) is 16.4. The van der Waals surface area contributed by atoms with Gasteiger partial charge >= 0.3 is 0 Å². The Balaban J connectivity index is 1.75. The number of amides is 1. The zero-order chi connectivity index (χ0) is 21.3. The number of para-hydroxylation sites is 2. The maximum Gasteiger partial charge on any atom is 0.264 e. The second kappa shape index (κ2) is 7.91. The SMILES string of the molecule is C[C@@H]1Cc2ccccc2N1C(=O)CN(c1ccccc1F)S(=O)(=O)c1ccccc1. The number of hydrogen-bond donors (Lipinski definition) is 0. The lowest BCUT2D eigenvalue weighted by Gasteiger charge is -2.29. The molecular formula is C23H21FN2O3S. The molecule has 30 heavy (non-hydrogen) atoms. The van der Waals surface area contributed by atoms with Crippen molar-refractivity contribution in [1.29, 1.82) is 0 Å². The van der Waals surface area contributed by atoms with Crippen LogP contribution in [0.3, 0.4) is 0 Å². The number of anilines is 2. The molecule has 0 fully saturated rings. The van der Waals surface area contributed by atoms with Crippen LogP contribution in [-0.2, 0) is 21.2 Å². The first-order chi connectivity index (χ1) is 14.4. The highest BCUT2D eigenvalue weighted by atomic mass is 32.2. The Morgan fingerprint density at radius 1 is 1.00 bits per heavy atom. The van der Waals surface area contributed by atoms with Gasteiger partial charge in [-0.3, -0.25) is 9.10 Å². The number of rotatable bonds is 5. The van der Waals surface area contributed by atoms with Crippen LogP contribution in [0.4, 0.5) is 15.8 Å². The summed E-state index contributed by atoms with van der Waals surface area (Å²) in [6, 6.07) is 20.7. The van der Waals surface area contributed by atoms with Gasteiger partial charge in [0, 0.05) is 11.7 Å². The lowest BCUT2D eigenvalue weighted by atomic mass is 10.1. The summed E-state index contributed by atoms with van der Waals surface area (Å²) in [6.07, 6.45) is 0.688. The fourth-order valence-corrected chi connectivity index (χ4v) is 5.26. The Morgan fingerprint density at radius 3 is 2.37 bits per heavy atom. The summed E-state index contributed by atoms with van der Waals surface area (Å²) < 4.78 is 42.2. The maximum absolute atomic E-state index is 14.6. The zero-order valence-corrected chi connectivity index (χ0v) is 17.2. The Bertz CT molecular complexity index is 1180. The fourth-order valence-electron chi connectivity index (χ4n) is 3.82. The molecule has 3 aromatic carbocycles. The van der Waals surface area contributed by atoms with Crippen molar-refractivity contribution in [3.63, 3.8) is 0 Å². The van der Waals surface area contributed by atoms with Crippen LogP contribution < -0.4 is 9.21 Å². The van der Waals surface area contributed by atoms with Gasteiger partial charge in [0.1, 0.15) is 12.4 Å². The largest absolute Gasteiger partial charge is 0.307 e. The Morgan fingerprint density at radius 2 is 1.63 bits per heavy atom. The third-order valence-corrected chi connectivity index (χ3v) is 6.98. The molecule has 0 spiro atoms. The summed E-state index contributed by atoms with van der Waals surface area (Å²) in [5, 5.41) is 0. The second-order valence-corrected chi connectivity index (χ2v) is 9.08. The van der Waals surface area contributed by atoms with Crippen molar-refractivity contribution in [2.45, 2.75) is 24.3 Å². The van der Waals surface area contributed by atoms with E-state index in [-0.39, 0.29) is 16.6 Å². The predicted octanol–water partition coefficient (Wildman–Crippen LogP) is 4.00. The van der Waals surface area contributed by atoms with Crippen molar-refractivity contribution < 1.29 is 17.6 Å². The normalized spacial score (nSPS) is 15.7. The molecule has 154 valence electrons. The molecule has 0 bridgehead atoms. The average Bonchev–Trinajstić information content (AvgIpc) is 3.09. The van der Waals surface area contributed by atoms with Crippen LogP contribution in [0.25, 0.3) is 0 Å². The predicted molar refractivity (Wildman–Crippen MR) is 114 cm³/mol. The summed E-state index contributed by atoms with van der Waals surface area (Å²) in [5.41, 5.74) is 1.64. The Hall–Kier alpha value is -3.19. The molecule has 0 N–H and O–H groups in total. The smallest absolute Gasteiger partial charge is 0.264 e. The van der Waals surface area contributed by atoms with Crippen molar-refractivity contribution in [2.24, 2.45) is 0 Å². The van der Waals surface area contributed by atoms with Crippen molar-refractivity contribution >= 4 is 27.3 Å². The van der Waals surface area contributed by atoms with Gasteiger partial charge in [-0.05, 0) is 49.2 Å². The topological polar surface area (TPSA) is 57.7 Å². The summed E-state index contributed by atoms with van der Waals surface area (Å²) >= 11 is 0. The molecule has 4 rings (SSSR count). The second-order valence-electron chi connectivity index (χ2n) is 7.22. The van der Waals surface area contributed by atoms with Gasteiger partial charge in [-0.25, -0.2) is 12.8 Å². The fraction of sp³-hybridized carbons (Fsp3) is 0.174. The lowest BCUT2D eigenvalue weighted by molar-refractivity contribution is -0.117. The molecule has 7 heteroatoms. The van der Waals surface area contributed by atoms with Gasteiger partial charge in [-0.2, -0.15) is 0 Å². The first-order valence-corrected chi connectivity index (χ1v) is 11.1. The molecule has 0 radical (unpaired) electrons. The van der Waals surface area contributed by atoms with Crippen LogP contribution in [0.5, 0.6) is 0 Å². The number of fused-ring (bicyclic) bond motifs is 1. The summed E-state index contributed by atoms with van der Waals surface area (Å²) in [7, 11) is -4.15. The Labute approximate surface area is 175 Å². The molecule has 0 saturated heterocycles. The molecule has 1 aliphatic rings. The first kappa shape index (κ1) is 20.1. The number of hydrogen-bond acceptors (Lipinski definition) is 3. The van der Waals surface area contributed by atoms with Gasteiger partial charge in [-0.15, -0.1) is 0 Å². The number of benzene rings is 3. The third-order valence-electron chi connectivity index (χ3n) is 5.21. The van der Waals surface area contributed by atoms with E-state index in [1.807, 2.05) is 31.2 Å². The van der Waals surface area contributed by atoms with E-state index in [2.05, 4.69) is 0 Å². The van der Waals surface area contributed by atoms with Crippen LogP contribution in [-0.4, -0.2) is 26.9 Å². The highest BCUT2D eigenvalue weighted by molar-refractivity contribution is 7.92. The lowest BCUT2D eigenvalue weighted by Crippen LogP contribution is -2.45. The van der Waals surface area contributed by atoms with E-state index in [9.17, 15) is 17.6 Å². The summed E-state index contributed by atoms with van der Waals surface area (Å²) in [5.74, 6) is -1.12. The molecule has 1 atom stereocenters. The molecule has 5 nitrogen and oxygen atoms in total. The maximum atomic E-state index is 14.6. The molecule has 3 aromatic rings. The van der Waals surface area contributed by atoms with Crippen molar-refractivity contribution in [2.75, 3.05) is 15.7 Å². The van der Waals surface area contributed by atoms with Crippen molar-refractivity contribution in [3.8, 4) is 0 Å². The number of carbonyl (C=O) groups is 1. The minimum Gasteiger partial charge on any atom is -0.307 e. The van der Waals surface area contributed by atoms with Crippen molar-refractivity contribution in [1.82, 2.24) is 0 Å². The van der Waals surface area contributed by atoms with Gasteiger partial charge in [0.05, 0.1) is 10.6 Å². The van der Waals surface area contributed by atoms with Crippen LogP contribution in [0.2, 0.25) is 0 Å². The molecular weight excluding hydrogens is 403 g/mol. The van der Waals surface area contributed by atoms with E-state index < -0.39 is 28.3 Å². The first-order valence-electron chi connectivity index (χ1n) is 9.62. The van der Waals surface area contributed by atoms with E-state index in [1.165, 1.54) is 30.3 Å². The van der Waals surface area contributed by atoms with Crippen molar-refractivity contribution in [3.05, 3.63) is 90.2 Å². The Kier molecular flexibility index (Phi) is 5.30. The standard InChI is InChI=1S/C23H21FN2O3S/c1-17-15-18-9-5-7-13-21(18)26(17)23(27)16-25(22-14-8-6-12-20(22)24)30(28,29)19-10-3-2-4-11-19/h2-14,17H,15-16H2,1H3/t17-/m1/s1. The van der Waals surface area contributed by atoms with E-state index in [4.69, 9.17) is 0 Å². The molecule has 0 aliphatic carbocycles. The number of sulfonamides is 1. The van der Waals surface area contributed by atoms with E-state index >= 15 is 0 Å². The molecule has 0 saturated carbocycles. The molecule has 1 heterocycles. The van der Waals surface area contributed by atoms with E-state index in [0.717, 1.165) is 15.6 Å². The number of halogens is 1. The quantitative estimate of drug-likeness (QED) is 0.622. The van der Waals surface area contributed by atoms with Crippen LogP contribution >= 0.6 is 0 Å². The minimum atomic E-state index is -4.15. The molecule has 0 unspecified atom stereocenters. The average molecular weight is 424 g/mol. The van der Waals surface area contributed by atoms with Gasteiger partial charge in [0.2, 0.25) is 5.91 Å². The number of nitrogens with zero attached hydrogens (tertiary/aromatic N) is 2. The van der Waals surface area contributed by atoms with E-state index in [1.54, 1.807) is 29.2 Å². The van der Waals surface area contributed by atoms with Gasteiger partial charge in [0.25, 0.3) is 10.0 Å². The third kappa shape index (κ3) is 3.57. The van der Waals surface area contributed by atoms with Crippen LogP contribution in [0, 0.1) is 5.82 Å². The highest BCUT2D eigenvalue weighted by Crippen LogP contribution is 2.33. The van der Waals surface area contributed by atoms with Gasteiger partial charge in [-0.1, -0.05) is 48.5 Å². The monoisotopic (exact) mass is 424 g/mol. The number of carbonyl (C=O) groups excluding carboxylic acids is 1. The van der Waals surface area contributed by atoms with Crippen LogP contribution in [0.1, 0.15) is 12.5 Å². The highest BCUT2D eigenvalue weighted by Gasteiger charge is 2.35. The van der Waals surface area contributed by atoms with Crippen LogP contribution in [0.15, 0.2) is 83.8 Å². The van der Waals surface area contributed by atoms with Gasteiger partial charge in [0.15, 0.2) is 0 Å². The van der Waals surface area contributed by atoms with Gasteiger partial charge < -0.3 is 4.90 Å².